The van der Waals surface area contributed by atoms with E-state index in [0.29, 0.717) is 12.1 Å². The first kappa shape index (κ1) is 16.5. The molecule has 1 aliphatic carbocycles. The van der Waals surface area contributed by atoms with E-state index >= 15 is 0 Å². The van der Waals surface area contributed by atoms with Crippen molar-refractivity contribution in [3.8, 4) is 11.5 Å². The Labute approximate surface area is 147 Å². The van der Waals surface area contributed by atoms with Gasteiger partial charge < -0.3 is 18.9 Å². The molecule has 24 heavy (non-hydrogen) atoms. The number of hydrogen-bond acceptors (Lipinski definition) is 5. The molecule has 132 valence electrons. The molecule has 0 unspecified atom stereocenters. The molecule has 1 aromatic rings. The van der Waals surface area contributed by atoms with Crippen molar-refractivity contribution in [1.29, 1.82) is 0 Å². The molecule has 6 heteroatoms. The molecule has 4 rings (SSSR count). The molecule has 3 aliphatic rings. The Morgan fingerprint density at radius 2 is 2.04 bits per heavy atom. The summed E-state index contributed by atoms with van der Waals surface area (Å²) < 4.78 is 22.5. The summed E-state index contributed by atoms with van der Waals surface area (Å²) in [6, 6.07) is 4.23. The van der Waals surface area contributed by atoms with E-state index < -0.39 is 0 Å². The number of methoxy groups -OCH3 is 2. The van der Waals surface area contributed by atoms with E-state index in [4.69, 9.17) is 30.5 Å². The zero-order valence-electron chi connectivity index (χ0n) is 14.2. The van der Waals surface area contributed by atoms with Crippen LogP contribution in [-0.4, -0.2) is 50.2 Å². The van der Waals surface area contributed by atoms with Gasteiger partial charge in [-0.15, -0.1) is 0 Å². The minimum Gasteiger partial charge on any atom is -0.454 e. The Morgan fingerprint density at radius 1 is 1.25 bits per heavy atom. The minimum atomic E-state index is -0.0438. The van der Waals surface area contributed by atoms with Crippen LogP contribution in [0.15, 0.2) is 12.1 Å². The van der Waals surface area contributed by atoms with E-state index in [-0.39, 0.29) is 12.4 Å². The molecular weight excluding hydrogens is 330 g/mol. The fraction of sp³-hybridized carbons (Fsp3) is 0.667. The summed E-state index contributed by atoms with van der Waals surface area (Å²) in [7, 11) is 3.65. The van der Waals surface area contributed by atoms with Gasteiger partial charge in [0.25, 0.3) is 0 Å². The number of likely N-dealkylation sites (tertiary alicyclic amines) is 1. The summed E-state index contributed by atoms with van der Waals surface area (Å²) in [6.45, 7) is 2.07. The topological polar surface area (TPSA) is 40.2 Å². The van der Waals surface area contributed by atoms with Gasteiger partial charge >= 0.3 is 0 Å². The molecule has 0 amide bonds. The van der Waals surface area contributed by atoms with Crippen LogP contribution in [0, 0.1) is 0 Å². The molecule has 2 fully saturated rings. The molecule has 1 saturated heterocycles. The van der Waals surface area contributed by atoms with Gasteiger partial charge in [-0.3, -0.25) is 4.90 Å². The third-order valence-corrected chi connectivity index (χ3v) is 6.25. The van der Waals surface area contributed by atoms with Crippen molar-refractivity contribution in [2.24, 2.45) is 0 Å². The number of ether oxygens (including phenoxy) is 4. The molecule has 5 nitrogen and oxygen atoms in total. The maximum atomic E-state index is 6.47. The summed E-state index contributed by atoms with van der Waals surface area (Å²) in [5.41, 5.74) is 1.03. The van der Waals surface area contributed by atoms with Gasteiger partial charge in [-0.25, -0.2) is 0 Å². The predicted octanol–water partition coefficient (Wildman–Crippen LogP) is 3.23. The lowest BCUT2D eigenvalue weighted by atomic mass is 9.79. The van der Waals surface area contributed by atoms with Gasteiger partial charge in [-0.1, -0.05) is 11.6 Å². The van der Waals surface area contributed by atoms with E-state index in [1.165, 1.54) is 0 Å². The average Bonchev–Trinajstić information content (AvgIpc) is 3.19. The molecular formula is C18H24ClNO4. The summed E-state index contributed by atoms with van der Waals surface area (Å²) in [5, 5.41) is 0.730. The maximum Gasteiger partial charge on any atom is 0.231 e. The second kappa shape index (κ2) is 6.37. The number of rotatable bonds is 4. The number of halogens is 1. The highest BCUT2D eigenvalue weighted by atomic mass is 35.5. The first-order chi connectivity index (χ1) is 11.6. The second-order valence-electron chi connectivity index (χ2n) is 6.93. The van der Waals surface area contributed by atoms with Gasteiger partial charge in [0.15, 0.2) is 11.5 Å². The molecule has 1 saturated carbocycles. The van der Waals surface area contributed by atoms with Crippen molar-refractivity contribution in [2.75, 3.05) is 27.6 Å². The molecule has 0 spiro atoms. The van der Waals surface area contributed by atoms with Crippen LogP contribution in [0.3, 0.4) is 0 Å². The summed E-state index contributed by atoms with van der Waals surface area (Å²) in [6.07, 6.45) is 4.50. The number of benzene rings is 1. The molecule has 2 heterocycles. The lowest BCUT2D eigenvalue weighted by molar-refractivity contribution is -0.0947. The Kier molecular flexibility index (Phi) is 4.37. The maximum absolute atomic E-state index is 6.47. The predicted molar refractivity (Wildman–Crippen MR) is 90.8 cm³/mol. The fourth-order valence-electron chi connectivity index (χ4n) is 4.46. The lowest BCUT2D eigenvalue weighted by Gasteiger charge is -2.43. The van der Waals surface area contributed by atoms with Crippen LogP contribution in [-0.2, 0) is 16.0 Å². The van der Waals surface area contributed by atoms with Crippen molar-refractivity contribution in [3.05, 3.63) is 22.7 Å². The molecule has 0 aromatic heterocycles. The van der Waals surface area contributed by atoms with E-state index in [9.17, 15) is 0 Å². The Morgan fingerprint density at radius 3 is 2.79 bits per heavy atom. The quantitative estimate of drug-likeness (QED) is 0.831. The number of nitrogens with zero attached hydrogens (tertiary/aromatic N) is 1. The third-order valence-electron chi connectivity index (χ3n) is 5.90. The third kappa shape index (κ3) is 2.68. The minimum absolute atomic E-state index is 0.0438. The lowest BCUT2D eigenvalue weighted by Crippen LogP contribution is -2.51. The number of hydrogen-bond donors (Lipinski definition) is 0. The molecule has 2 aliphatic heterocycles. The van der Waals surface area contributed by atoms with Crippen LogP contribution < -0.4 is 9.47 Å². The van der Waals surface area contributed by atoms with Gasteiger partial charge in [-0.2, -0.15) is 0 Å². The van der Waals surface area contributed by atoms with E-state index in [2.05, 4.69) is 4.90 Å². The van der Waals surface area contributed by atoms with Gasteiger partial charge in [0, 0.05) is 44.4 Å². The average molecular weight is 354 g/mol. The van der Waals surface area contributed by atoms with Crippen LogP contribution in [0.5, 0.6) is 11.5 Å². The molecule has 3 atom stereocenters. The first-order valence-corrected chi connectivity index (χ1v) is 8.93. The Balaban J connectivity index is 1.56. The molecule has 0 bridgehead atoms. The van der Waals surface area contributed by atoms with E-state index in [0.717, 1.165) is 60.9 Å². The zero-order valence-corrected chi connectivity index (χ0v) is 15.0. The van der Waals surface area contributed by atoms with Gasteiger partial charge in [-0.05, 0) is 37.3 Å². The molecule has 1 aromatic carbocycles. The monoisotopic (exact) mass is 353 g/mol. The number of fused-ring (bicyclic) bond motifs is 2. The Bertz CT molecular complexity index is 625. The largest absolute Gasteiger partial charge is 0.454 e. The summed E-state index contributed by atoms with van der Waals surface area (Å²) >= 11 is 6.47. The Hall–Kier alpha value is -1.01. The molecule has 0 radical (unpaired) electrons. The van der Waals surface area contributed by atoms with Crippen LogP contribution in [0.4, 0.5) is 0 Å². The van der Waals surface area contributed by atoms with Crippen molar-refractivity contribution < 1.29 is 18.9 Å². The van der Waals surface area contributed by atoms with Gasteiger partial charge in [0.1, 0.15) is 0 Å². The van der Waals surface area contributed by atoms with Gasteiger partial charge in [0.05, 0.1) is 11.7 Å². The fourth-order valence-corrected chi connectivity index (χ4v) is 4.67. The van der Waals surface area contributed by atoms with E-state index in [1.54, 1.807) is 7.11 Å². The summed E-state index contributed by atoms with van der Waals surface area (Å²) in [5.74, 6) is 1.51. The normalized spacial score (nSPS) is 32.1. The second-order valence-corrected chi connectivity index (χ2v) is 7.34. The van der Waals surface area contributed by atoms with Crippen molar-refractivity contribution in [1.82, 2.24) is 4.90 Å². The van der Waals surface area contributed by atoms with Crippen LogP contribution in [0.2, 0.25) is 5.02 Å². The van der Waals surface area contributed by atoms with Crippen molar-refractivity contribution in [2.45, 2.75) is 50.0 Å². The highest BCUT2D eigenvalue weighted by molar-refractivity contribution is 6.31. The first-order valence-electron chi connectivity index (χ1n) is 8.55. The SMILES string of the molecule is CO[C@@H]1CC[C@@]2(OC)CCN(Cc3cc4c(cc3Cl)OCO4)[C@H]2C1. The van der Waals surface area contributed by atoms with Crippen LogP contribution in [0.25, 0.3) is 0 Å². The smallest absolute Gasteiger partial charge is 0.231 e. The van der Waals surface area contributed by atoms with Crippen LogP contribution >= 0.6 is 11.6 Å². The van der Waals surface area contributed by atoms with Crippen molar-refractivity contribution >= 4 is 11.6 Å². The van der Waals surface area contributed by atoms with Crippen LogP contribution in [0.1, 0.15) is 31.2 Å². The highest BCUT2D eigenvalue weighted by Crippen LogP contribution is 2.44. The standard InChI is InChI=1S/C18H24ClNO4/c1-21-13-3-4-18(22-2)5-6-20(17(18)8-13)10-12-7-15-16(9-14(12)19)24-11-23-15/h7,9,13,17H,3-6,8,10-11H2,1-2H3/t13-,17+,18-/m1/s1. The molecule has 0 N–H and O–H groups in total. The zero-order chi connectivity index (χ0) is 16.7. The van der Waals surface area contributed by atoms with Gasteiger partial charge in [0.2, 0.25) is 6.79 Å². The van der Waals surface area contributed by atoms with E-state index in [1.807, 2.05) is 19.2 Å². The highest BCUT2D eigenvalue weighted by Gasteiger charge is 2.51. The summed E-state index contributed by atoms with van der Waals surface area (Å²) in [4.78, 5) is 2.48. The van der Waals surface area contributed by atoms with Crippen molar-refractivity contribution in [3.63, 3.8) is 0 Å².